The Bertz CT molecular complexity index is 1630. The minimum Gasteiger partial charge on any atom is -0.312 e. The Hall–Kier alpha value is -3.77. The molecule has 0 radical (unpaired) electrons. The van der Waals surface area contributed by atoms with E-state index in [0.717, 1.165) is 16.5 Å². The van der Waals surface area contributed by atoms with Crippen molar-refractivity contribution in [3.05, 3.63) is 101 Å². The predicted molar refractivity (Wildman–Crippen MR) is 130 cm³/mol. The van der Waals surface area contributed by atoms with Crippen molar-refractivity contribution in [2.24, 2.45) is 0 Å². The van der Waals surface area contributed by atoms with Gasteiger partial charge < -0.3 is 4.57 Å². The Kier molecular flexibility index (Phi) is 3.00. The van der Waals surface area contributed by atoms with Gasteiger partial charge in [0.05, 0.1) is 12.1 Å². The van der Waals surface area contributed by atoms with Gasteiger partial charge in [0.2, 0.25) is 6.71 Å². The fourth-order valence-corrected chi connectivity index (χ4v) is 6.22. The van der Waals surface area contributed by atoms with E-state index in [-0.39, 0.29) is 12.1 Å². The summed E-state index contributed by atoms with van der Waals surface area (Å²) in [5, 5.41) is 2.25. The molecule has 5 aromatic rings. The maximum absolute atomic E-state index is 7.83. The van der Waals surface area contributed by atoms with Gasteiger partial charge in [-0.15, -0.1) is 0 Å². The first-order chi connectivity index (χ1) is 15.1. The lowest BCUT2D eigenvalue weighted by atomic mass is 9.30. The molecule has 2 aliphatic rings. The van der Waals surface area contributed by atoms with Crippen LogP contribution in [0.4, 0.5) is 5.69 Å². The summed E-state index contributed by atoms with van der Waals surface area (Å²) in [6, 6.07) is 28.4. The van der Waals surface area contributed by atoms with Crippen LogP contribution in [-0.4, -0.2) is 11.3 Å². The molecule has 0 N–H and O–H groups in total. The van der Waals surface area contributed by atoms with Gasteiger partial charge in [-0.2, -0.15) is 0 Å². The zero-order valence-corrected chi connectivity index (χ0v) is 17.5. The maximum Gasteiger partial charge on any atom is 0.247 e. The minimum absolute atomic E-state index is 0.0610. The lowest BCUT2D eigenvalue weighted by molar-refractivity contribution is 0.645. The molecular weight excluding hydrogens is 375 g/mol. The Balaban J connectivity index is 1.78. The number of hydrogen-bond acceptors (Lipinski definition) is 0. The molecule has 3 heterocycles. The summed E-state index contributed by atoms with van der Waals surface area (Å²) in [7, 11) is 0. The maximum atomic E-state index is 7.83. The number of benzene rings is 4. The second kappa shape index (κ2) is 5.48. The van der Waals surface area contributed by atoms with E-state index in [0.29, 0.717) is 0 Å². The molecule has 0 saturated heterocycles. The van der Waals surface area contributed by atoms with Crippen LogP contribution in [0.2, 0.25) is 0 Å². The number of nitrogens with zero attached hydrogens (tertiary/aromatic N) is 2. The fraction of sp³-hybridized carbons (Fsp3) is 0.107. The third-order valence-corrected chi connectivity index (χ3v) is 7.49. The molecule has 2 nitrogen and oxygen atoms in total. The predicted octanol–water partition coefficient (Wildman–Crippen LogP) is 4.80. The molecule has 0 aliphatic carbocycles. The first-order valence-electron chi connectivity index (χ1n) is 10.8. The summed E-state index contributed by atoms with van der Waals surface area (Å²) in [6.45, 7) is 12.7. The van der Waals surface area contributed by atoms with Crippen molar-refractivity contribution in [1.29, 1.82) is 0 Å². The lowest BCUT2D eigenvalue weighted by Gasteiger charge is -2.41. The van der Waals surface area contributed by atoms with Gasteiger partial charge in [0.1, 0.15) is 0 Å². The van der Waals surface area contributed by atoms with Crippen molar-refractivity contribution >= 4 is 50.6 Å². The molecule has 0 bridgehead atoms. The molecular formula is C28H19BN2. The van der Waals surface area contributed by atoms with Gasteiger partial charge in [-0.25, -0.2) is 4.85 Å². The van der Waals surface area contributed by atoms with Crippen molar-refractivity contribution < 1.29 is 0 Å². The molecule has 7 rings (SSSR count). The molecule has 0 amide bonds. The third kappa shape index (κ3) is 1.85. The highest BCUT2D eigenvalue weighted by Crippen LogP contribution is 2.41. The Morgan fingerprint density at radius 1 is 0.806 bits per heavy atom. The van der Waals surface area contributed by atoms with Crippen LogP contribution >= 0.6 is 0 Å². The second-order valence-corrected chi connectivity index (χ2v) is 9.25. The van der Waals surface area contributed by atoms with Crippen LogP contribution in [0.5, 0.6) is 0 Å². The van der Waals surface area contributed by atoms with E-state index in [1.165, 1.54) is 44.2 Å². The summed E-state index contributed by atoms with van der Waals surface area (Å²) in [5.41, 5.74) is 11.2. The van der Waals surface area contributed by atoms with Gasteiger partial charge in [-0.3, -0.25) is 0 Å². The Morgan fingerprint density at radius 2 is 1.58 bits per heavy atom. The average Bonchev–Trinajstić information content (AvgIpc) is 3.15. The Morgan fingerprint density at radius 3 is 2.45 bits per heavy atom. The van der Waals surface area contributed by atoms with Crippen LogP contribution in [0, 0.1) is 6.57 Å². The van der Waals surface area contributed by atoms with E-state index < -0.39 is 0 Å². The second-order valence-electron chi connectivity index (χ2n) is 9.25. The quantitative estimate of drug-likeness (QED) is 0.259. The van der Waals surface area contributed by atoms with Crippen molar-refractivity contribution in [3.63, 3.8) is 0 Å². The smallest absolute Gasteiger partial charge is 0.247 e. The largest absolute Gasteiger partial charge is 0.312 e. The molecule has 4 aromatic carbocycles. The normalized spacial score (nSPS) is 14.9. The molecule has 0 saturated carbocycles. The van der Waals surface area contributed by atoms with E-state index in [1.54, 1.807) is 0 Å². The number of hydrogen-bond donors (Lipinski definition) is 0. The van der Waals surface area contributed by atoms with Crippen LogP contribution in [0.3, 0.4) is 0 Å². The standard InChI is InChI=1S/C28H19BN2/c1-28(2)18-10-5-6-12-20(18)29-21-15-16-22(30-3)25-17-9-4-7-13-23(17)31(27(21)25)24-14-8-11-19(28)26(24)29/h4-16H,1-2H3. The Labute approximate surface area is 181 Å². The number of para-hydroxylation sites is 1. The molecule has 0 fully saturated rings. The summed E-state index contributed by atoms with van der Waals surface area (Å²) in [4.78, 5) is 3.90. The molecule has 3 heteroatoms. The number of aromatic nitrogens is 1. The van der Waals surface area contributed by atoms with Crippen LogP contribution in [0.15, 0.2) is 78.9 Å². The first-order valence-corrected chi connectivity index (χ1v) is 10.8. The molecule has 0 unspecified atom stereocenters. The molecule has 2 aliphatic heterocycles. The van der Waals surface area contributed by atoms with E-state index in [4.69, 9.17) is 6.57 Å². The van der Waals surface area contributed by atoms with Gasteiger partial charge in [0.15, 0.2) is 5.69 Å². The van der Waals surface area contributed by atoms with E-state index in [9.17, 15) is 0 Å². The number of rotatable bonds is 0. The zero-order valence-electron chi connectivity index (χ0n) is 17.5. The van der Waals surface area contributed by atoms with Crippen LogP contribution < -0.4 is 16.4 Å². The van der Waals surface area contributed by atoms with Gasteiger partial charge >= 0.3 is 0 Å². The van der Waals surface area contributed by atoms with Gasteiger partial charge in [-0.05, 0) is 39.6 Å². The van der Waals surface area contributed by atoms with Gasteiger partial charge in [0, 0.05) is 22.0 Å². The van der Waals surface area contributed by atoms with Crippen LogP contribution in [0.25, 0.3) is 32.3 Å². The molecule has 1 aromatic heterocycles. The molecule has 0 spiro atoms. The highest BCUT2D eigenvalue weighted by Gasteiger charge is 2.44. The van der Waals surface area contributed by atoms with E-state index in [2.05, 4.69) is 96.1 Å². The summed E-state index contributed by atoms with van der Waals surface area (Å²) >= 11 is 0. The number of fused-ring (bicyclic) bond motifs is 7. The highest BCUT2D eigenvalue weighted by atomic mass is 15.0. The zero-order chi connectivity index (χ0) is 20.9. The van der Waals surface area contributed by atoms with Crippen LogP contribution in [-0.2, 0) is 5.41 Å². The average molecular weight is 394 g/mol. The van der Waals surface area contributed by atoms with E-state index >= 15 is 0 Å². The molecule has 144 valence electrons. The first kappa shape index (κ1) is 17.0. The van der Waals surface area contributed by atoms with Crippen molar-refractivity contribution in [2.75, 3.05) is 0 Å². The monoisotopic (exact) mass is 394 g/mol. The molecule has 0 atom stereocenters. The highest BCUT2D eigenvalue weighted by molar-refractivity contribution is 6.99. The van der Waals surface area contributed by atoms with Crippen molar-refractivity contribution in [2.45, 2.75) is 19.3 Å². The lowest BCUT2D eigenvalue weighted by Crippen LogP contribution is -2.63. The topological polar surface area (TPSA) is 9.29 Å². The minimum atomic E-state index is -0.0610. The van der Waals surface area contributed by atoms with E-state index in [1.807, 2.05) is 6.07 Å². The summed E-state index contributed by atoms with van der Waals surface area (Å²) in [5.74, 6) is 0. The SMILES string of the molecule is [C-]#[N+]c1ccc2c3c1c1ccccc1n3-c1cccc3c1B2c1ccccc1C3(C)C. The van der Waals surface area contributed by atoms with Crippen molar-refractivity contribution in [1.82, 2.24) is 4.57 Å². The van der Waals surface area contributed by atoms with Gasteiger partial charge in [0.25, 0.3) is 0 Å². The summed E-state index contributed by atoms with van der Waals surface area (Å²) in [6.07, 6.45) is 0. The van der Waals surface area contributed by atoms with Crippen LogP contribution in [0.1, 0.15) is 25.0 Å². The summed E-state index contributed by atoms with van der Waals surface area (Å²) < 4.78 is 2.41. The van der Waals surface area contributed by atoms with Crippen molar-refractivity contribution in [3.8, 4) is 5.69 Å². The van der Waals surface area contributed by atoms with Gasteiger partial charge in [-0.1, -0.05) is 86.0 Å². The molecule has 31 heavy (non-hydrogen) atoms. The third-order valence-electron chi connectivity index (χ3n) is 7.49. The fourth-order valence-electron chi connectivity index (χ4n) is 6.22.